The Morgan fingerprint density at radius 2 is 1.50 bits per heavy atom. The van der Waals surface area contributed by atoms with Crippen LogP contribution >= 0.6 is 12.4 Å². The average Bonchev–Trinajstić information content (AvgIpc) is 2.52. The third kappa shape index (κ3) is 3.63. The summed E-state index contributed by atoms with van der Waals surface area (Å²) >= 11 is 0. The van der Waals surface area contributed by atoms with Gasteiger partial charge >= 0.3 is 0 Å². The maximum atomic E-state index is 5.61. The molecule has 0 unspecified atom stereocenters. The van der Waals surface area contributed by atoms with Crippen LogP contribution < -0.4 is 4.74 Å². The van der Waals surface area contributed by atoms with E-state index in [2.05, 4.69) is 54.4 Å². The van der Waals surface area contributed by atoms with Gasteiger partial charge in [0.25, 0.3) is 0 Å². The van der Waals surface area contributed by atoms with Crippen LogP contribution in [0.3, 0.4) is 0 Å². The van der Waals surface area contributed by atoms with Crippen molar-refractivity contribution in [2.45, 2.75) is 19.3 Å². The van der Waals surface area contributed by atoms with Gasteiger partial charge in [-0.3, -0.25) is 0 Å². The van der Waals surface area contributed by atoms with E-state index in [1.54, 1.807) is 7.11 Å². The van der Waals surface area contributed by atoms with E-state index in [-0.39, 0.29) is 12.4 Å². The Bertz CT molecular complexity index is 627. The van der Waals surface area contributed by atoms with Gasteiger partial charge in [-0.2, -0.15) is 0 Å². The minimum absolute atomic E-state index is 0. The Hall–Kier alpha value is -1.51. The quantitative estimate of drug-likeness (QED) is 0.794. The molecular weight excluding hydrogens is 294 g/mol. The number of likely N-dealkylation sites (N-methyl/N-ethyl adjacent to an activating group) is 1. The number of methoxy groups -OCH3 is 1. The molecule has 0 fully saturated rings. The topological polar surface area (TPSA) is 12.5 Å². The number of nitrogens with zero attached hydrogens (tertiary/aromatic N) is 1. The number of fused-ring (bicyclic) bond motifs is 2. The first kappa shape index (κ1) is 16.9. The van der Waals surface area contributed by atoms with E-state index in [0.717, 1.165) is 38.1 Å². The van der Waals surface area contributed by atoms with Crippen molar-refractivity contribution in [3.63, 3.8) is 0 Å². The smallest absolute Gasteiger partial charge is 0.122 e. The molecule has 2 aromatic rings. The molecule has 22 heavy (non-hydrogen) atoms. The molecule has 1 heterocycles. The molecule has 0 aliphatic carbocycles. The van der Waals surface area contributed by atoms with Crippen LogP contribution in [0.1, 0.15) is 22.3 Å². The van der Waals surface area contributed by atoms with E-state index in [9.17, 15) is 0 Å². The van der Waals surface area contributed by atoms with Crippen LogP contribution in [0.5, 0.6) is 5.75 Å². The van der Waals surface area contributed by atoms with Crippen molar-refractivity contribution in [3.05, 3.63) is 64.7 Å². The Labute approximate surface area is 139 Å². The zero-order valence-corrected chi connectivity index (χ0v) is 14.2. The average molecular weight is 318 g/mol. The predicted molar refractivity (Wildman–Crippen MR) is 94.4 cm³/mol. The lowest BCUT2D eigenvalue weighted by Gasteiger charge is -2.22. The fourth-order valence-corrected chi connectivity index (χ4v) is 3.14. The van der Waals surface area contributed by atoms with E-state index in [0.29, 0.717) is 0 Å². The summed E-state index contributed by atoms with van der Waals surface area (Å²) < 4.78 is 5.61. The minimum atomic E-state index is 0. The molecule has 0 atom stereocenters. The van der Waals surface area contributed by atoms with Crippen molar-refractivity contribution in [1.82, 2.24) is 4.90 Å². The van der Waals surface area contributed by atoms with E-state index in [1.807, 2.05) is 0 Å². The van der Waals surface area contributed by atoms with Crippen LogP contribution in [0.15, 0.2) is 42.5 Å². The summed E-state index contributed by atoms with van der Waals surface area (Å²) in [6.07, 6.45) is 3.18. The molecule has 0 spiro atoms. The maximum absolute atomic E-state index is 5.61. The van der Waals surface area contributed by atoms with E-state index >= 15 is 0 Å². The first-order valence-electron chi connectivity index (χ1n) is 7.68. The summed E-state index contributed by atoms with van der Waals surface area (Å²) in [5, 5.41) is 0. The standard InChI is InChI=1S/C19H23NO.ClH/c1-20-12-10-15-6-3-4-7-17(15)14-18-16(11-13-20)8-5-9-19(18)21-2;/h3-9H,10-14H2,1-2H3;1H. The Morgan fingerprint density at radius 3 is 2.23 bits per heavy atom. The number of halogens is 1. The summed E-state index contributed by atoms with van der Waals surface area (Å²) in [5.41, 5.74) is 5.65. The van der Waals surface area contributed by atoms with E-state index < -0.39 is 0 Å². The zero-order valence-electron chi connectivity index (χ0n) is 13.3. The Morgan fingerprint density at radius 1 is 0.864 bits per heavy atom. The highest BCUT2D eigenvalue weighted by molar-refractivity contribution is 5.85. The third-order valence-electron chi connectivity index (χ3n) is 4.46. The minimum Gasteiger partial charge on any atom is -0.496 e. The lowest BCUT2D eigenvalue weighted by Crippen LogP contribution is -2.25. The molecule has 2 nitrogen and oxygen atoms in total. The van der Waals surface area contributed by atoms with Gasteiger partial charge in [0.1, 0.15) is 5.75 Å². The first-order chi connectivity index (χ1) is 10.3. The van der Waals surface area contributed by atoms with Gasteiger partial charge in [0.05, 0.1) is 7.11 Å². The van der Waals surface area contributed by atoms with Crippen LogP contribution in [-0.2, 0) is 19.3 Å². The van der Waals surface area contributed by atoms with Crippen LogP contribution in [0, 0.1) is 0 Å². The summed E-state index contributed by atoms with van der Waals surface area (Å²) in [6.45, 7) is 2.22. The molecular formula is C19H24ClNO. The van der Waals surface area contributed by atoms with Gasteiger partial charge in [-0.1, -0.05) is 36.4 Å². The number of ether oxygens (including phenoxy) is 1. The highest BCUT2D eigenvalue weighted by atomic mass is 35.5. The molecule has 0 radical (unpaired) electrons. The lowest BCUT2D eigenvalue weighted by molar-refractivity contribution is 0.341. The summed E-state index contributed by atoms with van der Waals surface area (Å²) in [6, 6.07) is 15.2. The highest BCUT2D eigenvalue weighted by Gasteiger charge is 2.14. The molecule has 3 rings (SSSR count). The first-order valence-corrected chi connectivity index (χ1v) is 7.68. The van der Waals surface area contributed by atoms with Crippen molar-refractivity contribution < 1.29 is 4.74 Å². The van der Waals surface area contributed by atoms with Gasteiger partial charge in [0.15, 0.2) is 0 Å². The van der Waals surface area contributed by atoms with Crippen molar-refractivity contribution in [2.24, 2.45) is 0 Å². The largest absolute Gasteiger partial charge is 0.496 e. The van der Waals surface area contributed by atoms with Gasteiger partial charge < -0.3 is 9.64 Å². The molecule has 1 aliphatic heterocycles. The molecule has 0 bridgehead atoms. The summed E-state index contributed by atoms with van der Waals surface area (Å²) in [4.78, 5) is 2.42. The highest BCUT2D eigenvalue weighted by Crippen LogP contribution is 2.28. The monoisotopic (exact) mass is 317 g/mol. The third-order valence-corrected chi connectivity index (χ3v) is 4.46. The number of hydrogen-bond donors (Lipinski definition) is 0. The lowest BCUT2D eigenvalue weighted by atomic mass is 9.92. The van der Waals surface area contributed by atoms with Gasteiger partial charge in [-0.15, -0.1) is 12.4 Å². The Kier molecular flexibility index (Phi) is 5.87. The SMILES string of the molecule is COc1cccc2c1Cc1ccccc1CCN(C)CC2.Cl. The summed E-state index contributed by atoms with van der Waals surface area (Å²) in [5.74, 6) is 1.02. The van der Waals surface area contributed by atoms with Crippen LogP contribution in [0.2, 0.25) is 0 Å². The fourth-order valence-electron chi connectivity index (χ4n) is 3.14. The second-order valence-electron chi connectivity index (χ2n) is 5.85. The molecule has 118 valence electrons. The molecule has 2 aromatic carbocycles. The van der Waals surface area contributed by atoms with Gasteiger partial charge in [0, 0.05) is 25.1 Å². The van der Waals surface area contributed by atoms with Crippen molar-refractivity contribution in [2.75, 3.05) is 27.2 Å². The molecule has 1 aliphatic rings. The van der Waals surface area contributed by atoms with Gasteiger partial charge in [0.2, 0.25) is 0 Å². The number of hydrogen-bond acceptors (Lipinski definition) is 2. The van der Waals surface area contributed by atoms with E-state index in [1.165, 1.54) is 22.3 Å². The summed E-state index contributed by atoms with van der Waals surface area (Å²) in [7, 11) is 3.98. The molecule has 0 N–H and O–H groups in total. The van der Waals surface area contributed by atoms with Crippen LogP contribution in [-0.4, -0.2) is 32.1 Å². The fraction of sp³-hybridized carbons (Fsp3) is 0.368. The Balaban J connectivity index is 0.00000176. The molecule has 0 aromatic heterocycles. The molecule has 0 saturated heterocycles. The number of rotatable bonds is 1. The molecule has 0 amide bonds. The van der Waals surface area contributed by atoms with Gasteiger partial charge in [-0.05, 0) is 42.6 Å². The predicted octanol–water partition coefficient (Wildman–Crippen LogP) is 3.74. The normalized spacial score (nSPS) is 15.2. The molecule has 3 heteroatoms. The maximum Gasteiger partial charge on any atom is 0.122 e. The van der Waals surface area contributed by atoms with Crippen molar-refractivity contribution in [3.8, 4) is 5.75 Å². The van der Waals surface area contributed by atoms with Crippen LogP contribution in [0.4, 0.5) is 0 Å². The zero-order chi connectivity index (χ0) is 14.7. The van der Waals surface area contributed by atoms with Gasteiger partial charge in [-0.25, -0.2) is 0 Å². The second kappa shape index (κ2) is 7.66. The second-order valence-corrected chi connectivity index (χ2v) is 5.85. The molecule has 0 saturated carbocycles. The van der Waals surface area contributed by atoms with Crippen molar-refractivity contribution in [1.29, 1.82) is 0 Å². The number of benzene rings is 2. The van der Waals surface area contributed by atoms with Crippen LogP contribution in [0.25, 0.3) is 0 Å². The van der Waals surface area contributed by atoms with E-state index in [4.69, 9.17) is 4.74 Å². The van der Waals surface area contributed by atoms with Crippen molar-refractivity contribution >= 4 is 12.4 Å².